The van der Waals surface area contributed by atoms with Crippen LogP contribution in [0.4, 0.5) is 10.1 Å². The number of nitrogens with zero attached hydrogens (tertiary/aromatic N) is 1. The topological polar surface area (TPSA) is 55.6 Å². The SMILES string of the molecule is COC(=O)C(CN)N(C)c1ccccc1F. The van der Waals surface area contributed by atoms with E-state index in [9.17, 15) is 9.18 Å². The van der Waals surface area contributed by atoms with Crippen molar-refractivity contribution in [2.75, 3.05) is 25.6 Å². The Kier molecular flexibility index (Phi) is 4.25. The summed E-state index contributed by atoms with van der Waals surface area (Å²) >= 11 is 0. The molecule has 0 amide bonds. The highest BCUT2D eigenvalue weighted by atomic mass is 19.1. The Morgan fingerprint density at radius 3 is 2.69 bits per heavy atom. The van der Waals surface area contributed by atoms with E-state index in [2.05, 4.69) is 4.74 Å². The molecule has 0 aliphatic rings. The van der Waals surface area contributed by atoms with E-state index in [0.29, 0.717) is 5.69 Å². The lowest BCUT2D eigenvalue weighted by atomic mass is 10.2. The lowest BCUT2D eigenvalue weighted by Crippen LogP contribution is -2.45. The van der Waals surface area contributed by atoms with Crippen LogP contribution in [0.15, 0.2) is 24.3 Å². The van der Waals surface area contributed by atoms with Crippen LogP contribution in [0.1, 0.15) is 0 Å². The molecule has 1 atom stereocenters. The predicted octanol–water partition coefficient (Wildman–Crippen LogP) is 0.762. The van der Waals surface area contributed by atoms with Gasteiger partial charge in [-0.1, -0.05) is 12.1 Å². The molecule has 0 saturated heterocycles. The van der Waals surface area contributed by atoms with Crippen LogP contribution in [0.2, 0.25) is 0 Å². The minimum Gasteiger partial charge on any atom is -0.467 e. The van der Waals surface area contributed by atoms with E-state index < -0.39 is 17.8 Å². The third-order valence-electron chi connectivity index (χ3n) is 2.40. The van der Waals surface area contributed by atoms with Crippen LogP contribution in [-0.2, 0) is 9.53 Å². The van der Waals surface area contributed by atoms with Crippen LogP contribution >= 0.6 is 0 Å². The van der Waals surface area contributed by atoms with Gasteiger partial charge in [0, 0.05) is 13.6 Å². The van der Waals surface area contributed by atoms with E-state index in [0.717, 1.165) is 0 Å². The first-order chi connectivity index (χ1) is 7.61. The summed E-state index contributed by atoms with van der Waals surface area (Å²) in [6.45, 7) is 0.0670. The van der Waals surface area contributed by atoms with E-state index in [1.807, 2.05) is 0 Å². The second kappa shape index (κ2) is 5.46. The molecule has 1 unspecified atom stereocenters. The fraction of sp³-hybridized carbons (Fsp3) is 0.364. The molecular weight excluding hydrogens is 211 g/mol. The number of carbonyl (C=O) groups is 1. The summed E-state index contributed by atoms with van der Waals surface area (Å²) in [7, 11) is 2.88. The summed E-state index contributed by atoms with van der Waals surface area (Å²) < 4.78 is 18.1. The standard InChI is InChI=1S/C11H15FN2O2/c1-14(10(7-13)11(15)16-2)9-6-4-3-5-8(9)12/h3-6,10H,7,13H2,1-2H3. The maximum atomic E-state index is 13.5. The molecule has 0 aromatic heterocycles. The summed E-state index contributed by atoms with van der Waals surface area (Å²) in [6.07, 6.45) is 0. The summed E-state index contributed by atoms with van der Waals surface area (Å²) in [4.78, 5) is 12.9. The number of hydrogen-bond acceptors (Lipinski definition) is 4. The molecule has 0 heterocycles. The van der Waals surface area contributed by atoms with Crippen molar-refractivity contribution in [1.29, 1.82) is 0 Å². The van der Waals surface area contributed by atoms with Gasteiger partial charge in [-0.15, -0.1) is 0 Å². The summed E-state index contributed by atoms with van der Waals surface area (Å²) in [5, 5.41) is 0. The number of esters is 1. The van der Waals surface area contributed by atoms with Gasteiger partial charge in [-0.25, -0.2) is 9.18 Å². The molecule has 0 bridgehead atoms. The number of anilines is 1. The van der Waals surface area contributed by atoms with Crippen molar-refractivity contribution in [3.63, 3.8) is 0 Å². The van der Waals surface area contributed by atoms with Gasteiger partial charge in [0.15, 0.2) is 0 Å². The minimum absolute atomic E-state index is 0.0670. The van der Waals surface area contributed by atoms with Crippen molar-refractivity contribution in [3.8, 4) is 0 Å². The summed E-state index contributed by atoms with van der Waals surface area (Å²) in [5.74, 6) is -0.874. The van der Waals surface area contributed by atoms with Gasteiger partial charge in [0.05, 0.1) is 12.8 Å². The number of likely N-dealkylation sites (N-methyl/N-ethyl adjacent to an activating group) is 1. The van der Waals surface area contributed by atoms with Crippen LogP contribution in [0, 0.1) is 5.82 Å². The Labute approximate surface area is 93.8 Å². The zero-order valence-corrected chi connectivity index (χ0v) is 9.31. The third kappa shape index (κ3) is 2.49. The monoisotopic (exact) mass is 226 g/mol. The number of ether oxygens (including phenoxy) is 1. The number of rotatable bonds is 4. The van der Waals surface area contributed by atoms with Crippen molar-refractivity contribution in [2.45, 2.75) is 6.04 Å². The number of benzene rings is 1. The summed E-state index contributed by atoms with van der Waals surface area (Å²) in [5.41, 5.74) is 5.80. The Bertz CT molecular complexity index is 371. The number of methoxy groups -OCH3 is 1. The lowest BCUT2D eigenvalue weighted by molar-refractivity contribution is -0.141. The Balaban J connectivity index is 2.95. The van der Waals surface area contributed by atoms with E-state index in [1.54, 1.807) is 25.2 Å². The van der Waals surface area contributed by atoms with Gasteiger partial charge in [-0.2, -0.15) is 0 Å². The molecule has 5 heteroatoms. The fourth-order valence-electron chi connectivity index (χ4n) is 1.45. The van der Waals surface area contributed by atoms with Gasteiger partial charge >= 0.3 is 5.97 Å². The number of halogens is 1. The maximum Gasteiger partial charge on any atom is 0.329 e. The molecule has 1 aromatic carbocycles. The zero-order chi connectivity index (χ0) is 12.1. The molecule has 1 rings (SSSR count). The number of hydrogen-bond donors (Lipinski definition) is 1. The number of nitrogens with two attached hydrogens (primary N) is 1. The highest BCUT2D eigenvalue weighted by Crippen LogP contribution is 2.19. The quantitative estimate of drug-likeness (QED) is 0.770. The normalized spacial score (nSPS) is 12.0. The smallest absolute Gasteiger partial charge is 0.329 e. The molecule has 16 heavy (non-hydrogen) atoms. The second-order valence-electron chi connectivity index (χ2n) is 3.34. The van der Waals surface area contributed by atoms with Crippen LogP contribution in [0.5, 0.6) is 0 Å². The van der Waals surface area contributed by atoms with Crippen LogP contribution < -0.4 is 10.6 Å². The molecule has 1 aromatic rings. The maximum absolute atomic E-state index is 13.5. The van der Waals surface area contributed by atoms with E-state index in [1.165, 1.54) is 18.1 Å². The molecular formula is C11H15FN2O2. The van der Waals surface area contributed by atoms with Crippen LogP contribution in [-0.4, -0.2) is 32.7 Å². The Hall–Kier alpha value is -1.62. The zero-order valence-electron chi connectivity index (χ0n) is 9.31. The number of para-hydroxylation sites is 1. The van der Waals surface area contributed by atoms with Gasteiger partial charge in [-0.05, 0) is 12.1 Å². The fourth-order valence-corrected chi connectivity index (χ4v) is 1.45. The average molecular weight is 226 g/mol. The van der Waals surface area contributed by atoms with E-state index >= 15 is 0 Å². The highest BCUT2D eigenvalue weighted by Gasteiger charge is 2.24. The van der Waals surface area contributed by atoms with E-state index in [-0.39, 0.29) is 6.54 Å². The van der Waals surface area contributed by atoms with Crippen LogP contribution in [0.25, 0.3) is 0 Å². The molecule has 0 radical (unpaired) electrons. The second-order valence-corrected chi connectivity index (χ2v) is 3.34. The van der Waals surface area contributed by atoms with Gasteiger partial charge in [0.1, 0.15) is 11.9 Å². The van der Waals surface area contributed by atoms with Crippen molar-refractivity contribution in [1.82, 2.24) is 0 Å². The molecule has 2 N–H and O–H groups in total. The average Bonchev–Trinajstić information content (AvgIpc) is 2.30. The third-order valence-corrected chi connectivity index (χ3v) is 2.40. The van der Waals surface area contributed by atoms with Gasteiger partial charge in [-0.3, -0.25) is 0 Å². The summed E-state index contributed by atoms with van der Waals surface area (Å²) in [6, 6.07) is 5.52. The van der Waals surface area contributed by atoms with E-state index in [4.69, 9.17) is 5.73 Å². The molecule has 4 nitrogen and oxygen atoms in total. The number of carbonyl (C=O) groups excluding carboxylic acids is 1. The van der Waals surface area contributed by atoms with Crippen molar-refractivity contribution in [2.24, 2.45) is 5.73 Å². The molecule has 0 aliphatic heterocycles. The van der Waals surface area contributed by atoms with Crippen molar-refractivity contribution >= 4 is 11.7 Å². The van der Waals surface area contributed by atoms with Gasteiger partial charge in [0.2, 0.25) is 0 Å². The molecule has 0 fully saturated rings. The first kappa shape index (κ1) is 12.4. The lowest BCUT2D eigenvalue weighted by Gasteiger charge is -2.26. The van der Waals surface area contributed by atoms with Crippen LogP contribution in [0.3, 0.4) is 0 Å². The van der Waals surface area contributed by atoms with Gasteiger partial charge in [0.25, 0.3) is 0 Å². The minimum atomic E-state index is -0.679. The Morgan fingerprint density at radius 1 is 1.56 bits per heavy atom. The molecule has 0 aliphatic carbocycles. The first-order valence-corrected chi connectivity index (χ1v) is 4.87. The predicted molar refractivity (Wildman–Crippen MR) is 59.7 cm³/mol. The Morgan fingerprint density at radius 2 is 2.19 bits per heavy atom. The highest BCUT2D eigenvalue weighted by molar-refractivity contribution is 5.80. The first-order valence-electron chi connectivity index (χ1n) is 4.87. The van der Waals surface area contributed by atoms with Crippen molar-refractivity contribution < 1.29 is 13.9 Å². The largest absolute Gasteiger partial charge is 0.467 e. The van der Waals surface area contributed by atoms with Gasteiger partial charge < -0.3 is 15.4 Å². The molecule has 0 spiro atoms. The molecule has 0 saturated carbocycles. The van der Waals surface area contributed by atoms with Crippen molar-refractivity contribution in [3.05, 3.63) is 30.1 Å². The molecule has 88 valence electrons.